The SMILES string of the molecule is Cc1cc(O)cc2c(C3CCN(CCC4CCN(/C=C/C(=O)c5ccc(Cl)c(Cl)c5)CC4)CC3)c[nH]c12. The van der Waals surface area contributed by atoms with E-state index in [2.05, 4.69) is 21.0 Å². The predicted octanol–water partition coefficient (Wildman–Crippen LogP) is 7.17. The fourth-order valence-corrected chi connectivity index (χ4v) is 6.19. The van der Waals surface area contributed by atoms with Gasteiger partial charge in [0.1, 0.15) is 5.75 Å². The zero-order chi connectivity index (χ0) is 25.9. The van der Waals surface area contributed by atoms with Crippen LogP contribution in [-0.2, 0) is 0 Å². The van der Waals surface area contributed by atoms with Crippen LogP contribution in [-0.4, -0.2) is 58.4 Å². The molecule has 0 unspecified atom stereocenters. The number of aromatic nitrogens is 1. The Hall–Kier alpha value is -2.47. The Kier molecular flexibility index (Phi) is 8.13. The highest BCUT2D eigenvalue weighted by Gasteiger charge is 2.25. The van der Waals surface area contributed by atoms with Gasteiger partial charge in [-0.15, -0.1) is 0 Å². The molecule has 0 radical (unpaired) electrons. The van der Waals surface area contributed by atoms with Gasteiger partial charge in [0.15, 0.2) is 5.78 Å². The number of hydrogen-bond donors (Lipinski definition) is 2. The highest BCUT2D eigenvalue weighted by molar-refractivity contribution is 6.42. The smallest absolute Gasteiger partial charge is 0.187 e. The molecule has 3 aromatic rings. The Morgan fingerprint density at radius 2 is 1.81 bits per heavy atom. The average molecular weight is 541 g/mol. The lowest BCUT2D eigenvalue weighted by Gasteiger charge is -2.35. The van der Waals surface area contributed by atoms with E-state index in [0.29, 0.717) is 27.3 Å². The minimum Gasteiger partial charge on any atom is -0.508 e. The van der Waals surface area contributed by atoms with Gasteiger partial charge in [0.05, 0.1) is 10.0 Å². The standard InChI is InChI=1S/C30H35Cl2N3O2/c1-20-16-24(36)18-25-26(19-33-30(20)25)22-7-13-35(14-8-22)12-6-21-4-10-34(11-5-21)15-9-29(37)23-2-3-27(31)28(32)17-23/h2-3,9,15-19,21-22,33,36H,4-8,10-14H2,1H3/b15-9+. The zero-order valence-corrected chi connectivity index (χ0v) is 22.9. The molecule has 2 fully saturated rings. The molecule has 2 aromatic carbocycles. The van der Waals surface area contributed by atoms with Crippen molar-refractivity contribution < 1.29 is 9.90 Å². The maximum Gasteiger partial charge on any atom is 0.187 e. The number of H-pyrrole nitrogens is 1. The molecule has 0 atom stereocenters. The summed E-state index contributed by atoms with van der Waals surface area (Å²) in [4.78, 5) is 20.8. The van der Waals surface area contributed by atoms with Crippen molar-refractivity contribution >= 4 is 39.9 Å². The van der Waals surface area contributed by atoms with E-state index in [0.717, 1.165) is 62.6 Å². The molecule has 0 spiro atoms. The summed E-state index contributed by atoms with van der Waals surface area (Å²) in [5.41, 5.74) is 4.16. The number of nitrogens with one attached hydrogen (secondary N) is 1. The number of benzene rings is 2. The van der Waals surface area contributed by atoms with Crippen molar-refractivity contribution in [3.05, 3.63) is 75.5 Å². The predicted molar refractivity (Wildman–Crippen MR) is 152 cm³/mol. The summed E-state index contributed by atoms with van der Waals surface area (Å²) in [5, 5.41) is 12.1. The van der Waals surface area contributed by atoms with Gasteiger partial charge in [0.2, 0.25) is 0 Å². The van der Waals surface area contributed by atoms with E-state index in [1.807, 2.05) is 25.3 Å². The quantitative estimate of drug-likeness (QED) is 0.247. The number of nitrogens with zero attached hydrogens (tertiary/aromatic N) is 2. The first-order chi connectivity index (χ1) is 17.9. The van der Waals surface area contributed by atoms with Gasteiger partial charge in [-0.05, 0) is 112 Å². The molecule has 196 valence electrons. The lowest BCUT2D eigenvalue weighted by molar-refractivity contribution is 0.104. The number of aromatic amines is 1. The monoisotopic (exact) mass is 539 g/mol. The number of phenolic OH excluding ortho intramolecular Hbond substituents is 1. The van der Waals surface area contributed by atoms with E-state index < -0.39 is 0 Å². The maximum atomic E-state index is 12.5. The van der Waals surface area contributed by atoms with Crippen molar-refractivity contribution in [1.82, 2.24) is 14.8 Å². The zero-order valence-electron chi connectivity index (χ0n) is 21.4. The Morgan fingerprint density at radius 1 is 1.05 bits per heavy atom. The molecule has 5 rings (SSSR count). The first-order valence-electron chi connectivity index (χ1n) is 13.3. The molecular weight excluding hydrogens is 505 g/mol. The summed E-state index contributed by atoms with van der Waals surface area (Å²) in [6.45, 7) is 7.45. The fourth-order valence-electron chi connectivity index (χ4n) is 5.89. The van der Waals surface area contributed by atoms with Crippen molar-refractivity contribution in [2.45, 2.75) is 44.9 Å². The van der Waals surface area contributed by atoms with Gasteiger partial charge < -0.3 is 19.9 Å². The van der Waals surface area contributed by atoms with Crippen LogP contribution in [0.2, 0.25) is 10.0 Å². The molecule has 2 N–H and O–H groups in total. The number of ketones is 1. The molecule has 0 bridgehead atoms. The summed E-state index contributed by atoms with van der Waals surface area (Å²) in [6, 6.07) is 8.72. The van der Waals surface area contributed by atoms with Gasteiger partial charge in [-0.25, -0.2) is 0 Å². The molecule has 3 heterocycles. The lowest BCUT2D eigenvalue weighted by atomic mass is 9.88. The number of carbonyl (C=O) groups is 1. The van der Waals surface area contributed by atoms with Crippen LogP contribution in [0.1, 0.15) is 59.5 Å². The summed E-state index contributed by atoms with van der Waals surface area (Å²) < 4.78 is 0. The van der Waals surface area contributed by atoms with Gasteiger partial charge in [0, 0.05) is 48.0 Å². The second-order valence-electron chi connectivity index (χ2n) is 10.6. The molecular formula is C30H35Cl2N3O2. The minimum atomic E-state index is -0.0522. The molecule has 7 heteroatoms. The molecule has 37 heavy (non-hydrogen) atoms. The van der Waals surface area contributed by atoms with Crippen LogP contribution >= 0.6 is 23.2 Å². The molecule has 2 aliphatic heterocycles. The highest BCUT2D eigenvalue weighted by atomic mass is 35.5. The third-order valence-corrected chi connectivity index (χ3v) is 8.91. The summed E-state index contributed by atoms with van der Waals surface area (Å²) in [6.07, 6.45) is 11.6. The van der Waals surface area contributed by atoms with Crippen LogP contribution in [0, 0.1) is 12.8 Å². The average Bonchev–Trinajstić information content (AvgIpc) is 3.33. The molecule has 1 aromatic heterocycles. The van der Waals surface area contributed by atoms with Crippen molar-refractivity contribution in [1.29, 1.82) is 0 Å². The van der Waals surface area contributed by atoms with Gasteiger partial charge in [-0.1, -0.05) is 23.2 Å². The van der Waals surface area contributed by atoms with E-state index in [1.54, 1.807) is 24.3 Å². The van der Waals surface area contributed by atoms with Gasteiger partial charge in [-0.2, -0.15) is 0 Å². The van der Waals surface area contributed by atoms with Crippen LogP contribution in [0.15, 0.2) is 48.8 Å². The van der Waals surface area contributed by atoms with Crippen LogP contribution < -0.4 is 0 Å². The number of rotatable bonds is 7. The Bertz CT molecular complexity index is 1290. The molecule has 0 aliphatic carbocycles. The Morgan fingerprint density at radius 3 is 2.54 bits per heavy atom. The molecule has 0 amide bonds. The van der Waals surface area contributed by atoms with Crippen molar-refractivity contribution in [3.63, 3.8) is 0 Å². The third-order valence-electron chi connectivity index (χ3n) is 8.17. The third kappa shape index (κ3) is 6.17. The van der Waals surface area contributed by atoms with Gasteiger partial charge in [-0.3, -0.25) is 4.79 Å². The number of aromatic hydroxyl groups is 1. The summed E-state index contributed by atoms with van der Waals surface area (Å²) >= 11 is 12.0. The number of piperidine rings is 2. The molecule has 5 nitrogen and oxygen atoms in total. The number of phenols is 1. The van der Waals surface area contributed by atoms with E-state index in [9.17, 15) is 9.90 Å². The molecule has 2 saturated heterocycles. The number of likely N-dealkylation sites (tertiary alicyclic amines) is 2. The molecule has 2 aliphatic rings. The van der Waals surface area contributed by atoms with E-state index >= 15 is 0 Å². The van der Waals surface area contributed by atoms with Crippen LogP contribution in [0.4, 0.5) is 0 Å². The van der Waals surface area contributed by atoms with Crippen molar-refractivity contribution in [3.8, 4) is 5.75 Å². The van der Waals surface area contributed by atoms with Crippen molar-refractivity contribution in [2.24, 2.45) is 5.92 Å². The van der Waals surface area contributed by atoms with Gasteiger partial charge in [0.25, 0.3) is 0 Å². The van der Waals surface area contributed by atoms with Crippen LogP contribution in [0.3, 0.4) is 0 Å². The lowest BCUT2D eigenvalue weighted by Crippen LogP contribution is -2.36. The second kappa shape index (κ2) is 11.5. The summed E-state index contributed by atoms with van der Waals surface area (Å²) in [5.74, 6) is 1.59. The highest BCUT2D eigenvalue weighted by Crippen LogP contribution is 2.36. The maximum absolute atomic E-state index is 12.5. The van der Waals surface area contributed by atoms with E-state index in [-0.39, 0.29) is 5.78 Å². The largest absolute Gasteiger partial charge is 0.508 e. The van der Waals surface area contributed by atoms with E-state index in [4.69, 9.17) is 23.2 Å². The summed E-state index contributed by atoms with van der Waals surface area (Å²) in [7, 11) is 0. The first kappa shape index (κ1) is 26.1. The number of carbonyl (C=O) groups excluding carboxylic acids is 1. The first-order valence-corrected chi connectivity index (χ1v) is 14.1. The topological polar surface area (TPSA) is 59.6 Å². The minimum absolute atomic E-state index is 0.0522. The number of allylic oxidation sites excluding steroid dienone is 1. The van der Waals surface area contributed by atoms with Gasteiger partial charge >= 0.3 is 0 Å². The number of fused-ring (bicyclic) bond motifs is 1. The van der Waals surface area contributed by atoms with Crippen molar-refractivity contribution in [2.75, 3.05) is 32.7 Å². The van der Waals surface area contributed by atoms with Crippen LogP contribution in [0.5, 0.6) is 5.75 Å². The fraction of sp³-hybridized carbons (Fsp3) is 0.433. The Balaban J connectivity index is 1.04. The van der Waals surface area contributed by atoms with E-state index in [1.165, 1.54) is 30.2 Å². The second-order valence-corrected chi connectivity index (χ2v) is 11.4. The number of hydrogen-bond acceptors (Lipinski definition) is 4. The normalized spacial score (nSPS) is 18.3. The molecule has 0 saturated carbocycles. The Labute approximate surface area is 229 Å². The van der Waals surface area contributed by atoms with Crippen LogP contribution in [0.25, 0.3) is 10.9 Å². The number of halogens is 2. The number of aryl methyl sites for hydroxylation is 1.